The lowest BCUT2D eigenvalue weighted by Gasteiger charge is -2.12. The SMILES string of the molecule is OC(Cc1ccc(Cl)c(F)c1)c1ncc(Cl)cc1Cl. The zero-order valence-corrected chi connectivity index (χ0v) is 11.8. The number of benzene rings is 1. The van der Waals surface area contributed by atoms with Gasteiger partial charge in [-0.1, -0.05) is 40.9 Å². The lowest BCUT2D eigenvalue weighted by molar-refractivity contribution is 0.173. The quantitative estimate of drug-likeness (QED) is 0.906. The Labute approximate surface area is 124 Å². The maximum atomic E-state index is 13.3. The second kappa shape index (κ2) is 6.06. The first-order chi connectivity index (χ1) is 8.97. The monoisotopic (exact) mass is 319 g/mol. The van der Waals surface area contributed by atoms with Gasteiger partial charge in [0.05, 0.1) is 20.8 Å². The fourth-order valence-electron chi connectivity index (χ4n) is 1.66. The normalized spacial score (nSPS) is 12.5. The lowest BCUT2D eigenvalue weighted by atomic mass is 10.1. The predicted octanol–water partition coefficient (Wildman–Crippen LogP) is 4.46. The second-order valence-corrected chi connectivity index (χ2v) is 5.24. The first-order valence-corrected chi connectivity index (χ1v) is 6.53. The van der Waals surface area contributed by atoms with Gasteiger partial charge in [0.1, 0.15) is 11.9 Å². The number of halogens is 4. The zero-order valence-electron chi connectivity index (χ0n) is 9.58. The molecule has 6 heteroatoms. The minimum absolute atomic E-state index is 0.0425. The van der Waals surface area contributed by atoms with Crippen LogP contribution in [0.15, 0.2) is 30.5 Å². The van der Waals surface area contributed by atoms with Crippen molar-refractivity contribution >= 4 is 34.8 Å². The summed E-state index contributed by atoms with van der Waals surface area (Å²) in [5, 5.41) is 10.8. The molecule has 0 saturated carbocycles. The highest BCUT2D eigenvalue weighted by Gasteiger charge is 2.15. The predicted molar refractivity (Wildman–Crippen MR) is 74.3 cm³/mol. The fourth-order valence-corrected chi connectivity index (χ4v) is 2.28. The molecule has 19 heavy (non-hydrogen) atoms. The second-order valence-electron chi connectivity index (χ2n) is 3.99. The minimum atomic E-state index is -0.939. The molecule has 1 N–H and O–H groups in total. The fraction of sp³-hybridized carbons (Fsp3) is 0.154. The standard InChI is InChI=1S/C13H9Cl3FNO/c14-8-5-10(16)13(18-6-8)12(19)4-7-1-2-9(15)11(17)3-7/h1-3,5-6,12,19H,4H2. The Hall–Kier alpha value is -0.870. The van der Waals surface area contributed by atoms with E-state index in [1.165, 1.54) is 24.4 Å². The van der Waals surface area contributed by atoms with Crippen molar-refractivity contribution in [2.45, 2.75) is 12.5 Å². The third-order valence-corrected chi connectivity index (χ3v) is 3.38. The van der Waals surface area contributed by atoms with E-state index >= 15 is 0 Å². The van der Waals surface area contributed by atoms with Gasteiger partial charge in [0, 0.05) is 12.6 Å². The number of aliphatic hydroxyl groups excluding tert-OH is 1. The summed E-state index contributed by atoms with van der Waals surface area (Å²) in [7, 11) is 0. The molecule has 1 heterocycles. The Morgan fingerprint density at radius 2 is 1.89 bits per heavy atom. The van der Waals surface area contributed by atoms with Crippen molar-refractivity contribution in [2.24, 2.45) is 0 Å². The molecule has 1 unspecified atom stereocenters. The van der Waals surface area contributed by atoms with E-state index in [0.29, 0.717) is 16.3 Å². The molecular weight excluding hydrogens is 312 g/mol. The molecule has 0 aliphatic carbocycles. The number of hydrogen-bond donors (Lipinski definition) is 1. The Bertz CT molecular complexity index is 606. The summed E-state index contributed by atoms with van der Waals surface area (Å²) in [6.07, 6.45) is 0.641. The number of aromatic nitrogens is 1. The van der Waals surface area contributed by atoms with E-state index in [1.807, 2.05) is 0 Å². The summed E-state index contributed by atoms with van der Waals surface area (Å²) in [6.45, 7) is 0. The summed E-state index contributed by atoms with van der Waals surface area (Å²) in [5.41, 5.74) is 0.906. The minimum Gasteiger partial charge on any atom is -0.386 e. The van der Waals surface area contributed by atoms with Gasteiger partial charge >= 0.3 is 0 Å². The van der Waals surface area contributed by atoms with Gasteiger partial charge in [-0.05, 0) is 23.8 Å². The van der Waals surface area contributed by atoms with E-state index in [1.54, 1.807) is 6.07 Å². The molecule has 2 aromatic rings. The van der Waals surface area contributed by atoms with Crippen molar-refractivity contribution in [3.8, 4) is 0 Å². The van der Waals surface area contributed by atoms with Crippen LogP contribution in [-0.4, -0.2) is 10.1 Å². The van der Waals surface area contributed by atoms with Crippen molar-refractivity contribution in [2.75, 3.05) is 0 Å². The Morgan fingerprint density at radius 3 is 2.53 bits per heavy atom. The van der Waals surface area contributed by atoms with Gasteiger partial charge in [0.2, 0.25) is 0 Å². The summed E-state index contributed by atoms with van der Waals surface area (Å²) in [6, 6.07) is 5.85. The molecular formula is C13H9Cl3FNO. The first kappa shape index (κ1) is 14.5. The van der Waals surface area contributed by atoms with Crippen LogP contribution in [0.25, 0.3) is 0 Å². The van der Waals surface area contributed by atoms with Crippen LogP contribution >= 0.6 is 34.8 Å². The number of nitrogens with zero attached hydrogens (tertiary/aromatic N) is 1. The highest BCUT2D eigenvalue weighted by molar-refractivity contribution is 6.34. The summed E-state index contributed by atoms with van der Waals surface area (Å²) in [4.78, 5) is 3.98. The number of rotatable bonds is 3. The molecule has 1 aromatic carbocycles. The highest BCUT2D eigenvalue weighted by atomic mass is 35.5. The largest absolute Gasteiger partial charge is 0.386 e. The van der Waals surface area contributed by atoms with Crippen molar-refractivity contribution in [1.29, 1.82) is 0 Å². The summed E-state index contributed by atoms with van der Waals surface area (Å²) >= 11 is 17.3. The van der Waals surface area contributed by atoms with Gasteiger partial charge < -0.3 is 5.11 Å². The number of pyridine rings is 1. The third kappa shape index (κ3) is 3.57. The maximum Gasteiger partial charge on any atom is 0.142 e. The molecule has 0 aliphatic rings. The molecule has 2 nitrogen and oxygen atoms in total. The lowest BCUT2D eigenvalue weighted by Crippen LogP contribution is -2.05. The van der Waals surface area contributed by atoms with Crippen LogP contribution in [0.5, 0.6) is 0 Å². The molecule has 0 aliphatic heterocycles. The van der Waals surface area contributed by atoms with E-state index in [-0.39, 0.29) is 16.5 Å². The Kier molecular flexibility index (Phi) is 4.63. The molecule has 0 saturated heterocycles. The Morgan fingerprint density at radius 1 is 1.16 bits per heavy atom. The zero-order chi connectivity index (χ0) is 14.0. The average molecular weight is 321 g/mol. The summed E-state index contributed by atoms with van der Waals surface area (Å²) < 4.78 is 13.3. The van der Waals surface area contributed by atoms with Crippen LogP contribution in [0.1, 0.15) is 17.4 Å². The van der Waals surface area contributed by atoms with Crippen LogP contribution < -0.4 is 0 Å². The van der Waals surface area contributed by atoms with Crippen molar-refractivity contribution < 1.29 is 9.50 Å². The van der Waals surface area contributed by atoms with Crippen LogP contribution in [0, 0.1) is 5.82 Å². The topological polar surface area (TPSA) is 33.1 Å². The van der Waals surface area contributed by atoms with E-state index in [0.717, 1.165) is 0 Å². The number of aliphatic hydroxyl groups is 1. The third-order valence-electron chi connectivity index (χ3n) is 2.56. The van der Waals surface area contributed by atoms with Crippen LogP contribution in [0.2, 0.25) is 15.1 Å². The van der Waals surface area contributed by atoms with Crippen molar-refractivity contribution in [3.05, 3.63) is 62.6 Å². The molecule has 0 radical (unpaired) electrons. The molecule has 0 amide bonds. The maximum absolute atomic E-state index is 13.3. The molecule has 1 atom stereocenters. The van der Waals surface area contributed by atoms with Gasteiger partial charge in [0.15, 0.2) is 0 Å². The van der Waals surface area contributed by atoms with Crippen LogP contribution in [0.3, 0.4) is 0 Å². The molecule has 0 fully saturated rings. The van der Waals surface area contributed by atoms with Crippen molar-refractivity contribution in [1.82, 2.24) is 4.98 Å². The number of hydrogen-bond acceptors (Lipinski definition) is 2. The molecule has 0 spiro atoms. The molecule has 1 aromatic heterocycles. The van der Waals surface area contributed by atoms with E-state index in [9.17, 15) is 9.50 Å². The van der Waals surface area contributed by atoms with Gasteiger partial charge in [-0.25, -0.2) is 4.39 Å². The van der Waals surface area contributed by atoms with E-state index in [2.05, 4.69) is 4.98 Å². The van der Waals surface area contributed by atoms with Crippen LogP contribution in [0.4, 0.5) is 4.39 Å². The van der Waals surface area contributed by atoms with Crippen LogP contribution in [-0.2, 0) is 6.42 Å². The first-order valence-electron chi connectivity index (χ1n) is 5.40. The smallest absolute Gasteiger partial charge is 0.142 e. The van der Waals surface area contributed by atoms with Gasteiger partial charge in [-0.15, -0.1) is 0 Å². The summed E-state index contributed by atoms with van der Waals surface area (Å²) in [5.74, 6) is -0.526. The van der Waals surface area contributed by atoms with Gasteiger partial charge in [-0.3, -0.25) is 4.98 Å². The van der Waals surface area contributed by atoms with Gasteiger partial charge in [0.25, 0.3) is 0 Å². The van der Waals surface area contributed by atoms with Gasteiger partial charge in [-0.2, -0.15) is 0 Å². The molecule has 0 bridgehead atoms. The van der Waals surface area contributed by atoms with E-state index < -0.39 is 11.9 Å². The van der Waals surface area contributed by atoms with E-state index in [4.69, 9.17) is 34.8 Å². The average Bonchev–Trinajstić information content (AvgIpc) is 2.33. The molecule has 100 valence electrons. The highest BCUT2D eigenvalue weighted by Crippen LogP contribution is 2.27. The van der Waals surface area contributed by atoms with Crippen molar-refractivity contribution in [3.63, 3.8) is 0 Å². The molecule has 2 rings (SSSR count). The Balaban J connectivity index is 2.20.